The molecule has 0 atom stereocenters. The van der Waals surface area contributed by atoms with Crippen molar-refractivity contribution in [1.82, 2.24) is 9.38 Å². The summed E-state index contributed by atoms with van der Waals surface area (Å²) in [7, 11) is 0. The van der Waals surface area contributed by atoms with Crippen molar-refractivity contribution < 1.29 is 9.63 Å². The summed E-state index contributed by atoms with van der Waals surface area (Å²) in [6.07, 6.45) is 3.41. The summed E-state index contributed by atoms with van der Waals surface area (Å²) in [6, 6.07) is 16.2. The summed E-state index contributed by atoms with van der Waals surface area (Å²) in [4.78, 5) is 22.5. The number of carbonyl (C=O) groups is 1. The first-order chi connectivity index (χ1) is 12.7. The molecule has 5 nitrogen and oxygen atoms in total. The average molecular weight is 382 g/mol. The third kappa shape index (κ3) is 3.24. The zero-order valence-electron chi connectivity index (χ0n) is 13.4. The molecule has 0 saturated carbocycles. The van der Waals surface area contributed by atoms with E-state index in [2.05, 4.69) is 10.1 Å². The number of carbonyl (C=O) groups excluding carboxylic acids is 1. The third-order valence-electron chi connectivity index (χ3n) is 3.74. The van der Waals surface area contributed by atoms with Crippen molar-refractivity contribution in [3.05, 3.63) is 82.5 Å². The molecule has 26 heavy (non-hydrogen) atoms. The van der Waals surface area contributed by atoms with Crippen molar-refractivity contribution in [2.75, 3.05) is 0 Å². The molecule has 0 aliphatic heterocycles. The topological polar surface area (TPSA) is 56.0 Å². The van der Waals surface area contributed by atoms with E-state index in [0.717, 1.165) is 21.9 Å². The Morgan fingerprint density at radius 2 is 1.92 bits per heavy atom. The van der Waals surface area contributed by atoms with Crippen molar-refractivity contribution in [1.29, 1.82) is 0 Å². The molecule has 0 unspecified atom stereocenters. The lowest BCUT2D eigenvalue weighted by Crippen LogP contribution is -2.01. The van der Waals surface area contributed by atoms with Crippen LogP contribution in [-0.2, 0) is 4.84 Å². The van der Waals surface area contributed by atoms with Gasteiger partial charge in [-0.1, -0.05) is 47.1 Å². The second-order valence-corrected chi connectivity index (χ2v) is 6.70. The van der Waals surface area contributed by atoms with E-state index >= 15 is 0 Å². The van der Waals surface area contributed by atoms with Gasteiger partial charge in [-0.05, 0) is 24.3 Å². The highest BCUT2D eigenvalue weighted by Gasteiger charge is 2.14. The molecular formula is C19H12ClN3O2S. The number of imidazole rings is 1. The Morgan fingerprint density at radius 3 is 2.69 bits per heavy atom. The molecule has 4 rings (SSSR count). The van der Waals surface area contributed by atoms with Crippen molar-refractivity contribution in [3.8, 4) is 11.3 Å². The van der Waals surface area contributed by atoms with Gasteiger partial charge in [0.25, 0.3) is 0 Å². The number of hydrogen-bond acceptors (Lipinski definition) is 5. The van der Waals surface area contributed by atoms with E-state index in [1.165, 1.54) is 17.6 Å². The fraction of sp³-hybridized carbons (Fsp3) is 0. The number of fused-ring (bicyclic) bond motifs is 1. The summed E-state index contributed by atoms with van der Waals surface area (Å²) >= 11 is 7.34. The van der Waals surface area contributed by atoms with Crippen LogP contribution in [0.5, 0.6) is 0 Å². The highest BCUT2D eigenvalue weighted by Crippen LogP contribution is 2.25. The largest absolute Gasteiger partial charge is 0.365 e. The molecule has 0 radical (unpaired) electrons. The van der Waals surface area contributed by atoms with E-state index in [0.29, 0.717) is 10.6 Å². The molecule has 0 bridgehead atoms. The summed E-state index contributed by atoms with van der Waals surface area (Å²) in [6.45, 7) is 0. The monoisotopic (exact) mass is 381 g/mol. The first kappa shape index (κ1) is 16.5. The standard InChI is InChI=1S/C19H12ClN3O2S/c20-15-8-6-14(7-9-15)18(24)25-21-12-16-17(13-4-2-1-3-5-13)22-19-23(16)10-11-26-19/h1-12H. The van der Waals surface area contributed by atoms with Gasteiger partial charge < -0.3 is 4.84 Å². The number of aromatic nitrogens is 2. The van der Waals surface area contributed by atoms with Crippen molar-refractivity contribution in [3.63, 3.8) is 0 Å². The molecule has 2 aromatic heterocycles. The van der Waals surface area contributed by atoms with Crippen LogP contribution in [0.4, 0.5) is 0 Å². The van der Waals surface area contributed by atoms with E-state index in [4.69, 9.17) is 16.4 Å². The summed E-state index contributed by atoms with van der Waals surface area (Å²) in [5.74, 6) is -0.551. The van der Waals surface area contributed by atoms with E-state index in [1.54, 1.807) is 24.3 Å². The van der Waals surface area contributed by atoms with Gasteiger partial charge in [-0.25, -0.2) is 9.78 Å². The van der Waals surface area contributed by atoms with Crippen LogP contribution in [0.15, 0.2) is 71.3 Å². The van der Waals surface area contributed by atoms with Gasteiger partial charge in [-0.2, -0.15) is 0 Å². The first-order valence-electron chi connectivity index (χ1n) is 7.73. The van der Waals surface area contributed by atoms with Crippen LogP contribution in [0.25, 0.3) is 16.2 Å². The number of oxime groups is 1. The summed E-state index contributed by atoms with van der Waals surface area (Å²) in [5.41, 5.74) is 2.87. The smallest absolute Gasteiger partial charge is 0.313 e. The van der Waals surface area contributed by atoms with Gasteiger partial charge in [-0.15, -0.1) is 11.3 Å². The van der Waals surface area contributed by atoms with Gasteiger partial charge in [0, 0.05) is 22.2 Å². The van der Waals surface area contributed by atoms with Crippen LogP contribution < -0.4 is 0 Å². The average Bonchev–Trinajstić information content (AvgIpc) is 3.25. The van der Waals surface area contributed by atoms with E-state index in [9.17, 15) is 4.79 Å². The van der Waals surface area contributed by atoms with Gasteiger partial charge in [-0.3, -0.25) is 4.40 Å². The SMILES string of the molecule is O=C(ON=Cc1c(-c2ccccc2)nc2sccn12)c1ccc(Cl)cc1. The fourth-order valence-corrected chi connectivity index (χ4v) is 3.34. The zero-order chi connectivity index (χ0) is 17.9. The number of thiazole rings is 1. The highest BCUT2D eigenvalue weighted by molar-refractivity contribution is 7.15. The van der Waals surface area contributed by atoms with Crippen molar-refractivity contribution in [2.45, 2.75) is 0 Å². The van der Waals surface area contributed by atoms with Gasteiger partial charge in [0.2, 0.25) is 0 Å². The predicted octanol–water partition coefficient (Wildman–Crippen LogP) is 4.91. The molecule has 2 aromatic carbocycles. The maximum absolute atomic E-state index is 12.1. The number of hydrogen-bond donors (Lipinski definition) is 0. The number of rotatable bonds is 4. The molecule has 0 spiro atoms. The molecule has 0 aliphatic rings. The molecule has 128 valence electrons. The third-order valence-corrected chi connectivity index (χ3v) is 4.75. The Hall–Kier alpha value is -2.96. The van der Waals surface area contributed by atoms with Crippen molar-refractivity contribution in [2.24, 2.45) is 5.16 Å². The van der Waals surface area contributed by atoms with E-state index < -0.39 is 5.97 Å². The lowest BCUT2D eigenvalue weighted by Gasteiger charge is -2.00. The number of halogens is 1. The number of benzene rings is 2. The lowest BCUT2D eigenvalue weighted by atomic mass is 10.1. The fourth-order valence-electron chi connectivity index (χ4n) is 2.50. The molecule has 2 heterocycles. The molecule has 4 aromatic rings. The molecule has 0 aliphatic carbocycles. The Morgan fingerprint density at radius 1 is 1.15 bits per heavy atom. The van der Waals surface area contributed by atoms with Gasteiger partial charge in [0.05, 0.1) is 23.2 Å². The van der Waals surface area contributed by atoms with Crippen LogP contribution in [-0.4, -0.2) is 21.6 Å². The van der Waals surface area contributed by atoms with Gasteiger partial charge in [0.15, 0.2) is 4.96 Å². The molecular weight excluding hydrogens is 370 g/mol. The molecule has 7 heteroatoms. The maximum atomic E-state index is 12.1. The molecule has 0 N–H and O–H groups in total. The Kier molecular flexibility index (Phi) is 4.51. The quantitative estimate of drug-likeness (QED) is 0.287. The van der Waals surface area contributed by atoms with Crippen LogP contribution in [0.2, 0.25) is 5.02 Å². The van der Waals surface area contributed by atoms with Crippen LogP contribution in [0.3, 0.4) is 0 Å². The first-order valence-corrected chi connectivity index (χ1v) is 8.99. The minimum Gasteiger partial charge on any atom is -0.313 e. The zero-order valence-corrected chi connectivity index (χ0v) is 14.9. The van der Waals surface area contributed by atoms with E-state index in [1.807, 2.05) is 46.3 Å². The van der Waals surface area contributed by atoms with Crippen LogP contribution in [0.1, 0.15) is 16.1 Å². The van der Waals surface area contributed by atoms with Gasteiger partial charge in [0.1, 0.15) is 0 Å². The van der Waals surface area contributed by atoms with Gasteiger partial charge >= 0.3 is 5.97 Å². The van der Waals surface area contributed by atoms with Crippen LogP contribution in [0, 0.1) is 0 Å². The second kappa shape index (κ2) is 7.11. The predicted molar refractivity (Wildman–Crippen MR) is 103 cm³/mol. The minimum atomic E-state index is -0.551. The molecule has 0 fully saturated rings. The Balaban J connectivity index is 1.62. The Labute approximate surface area is 158 Å². The second-order valence-electron chi connectivity index (χ2n) is 5.39. The van der Waals surface area contributed by atoms with Crippen LogP contribution >= 0.6 is 22.9 Å². The van der Waals surface area contributed by atoms with E-state index in [-0.39, 0.29) is 0 Å². The Bertz CT molecular complexity index is 1090. The summed E-state index contributed by atoms with van der Waals surface area (Å²) in [5, 5.41) is 6.36. The number of nitrogens with zero attached hydrogens (tertiary/aromatic N) is 3. The maximum Gasteiger partial charge on any atom is 0.365 e. The van der Waals surface area contributed by atoms with Crippen molar-refractivity contribution >= 4 is 40.1 Å². The normalized spacial score (nSPS) is 11.3. The molecule has 0 saturated heterocycles. The summed E-state index contributed by atoms with van der Waals surface area (Å²) < 4.78 is 1.91. The minimum absolute atomic E-state index is 0.379. The molecule has 0 amide bonds. The highest BCUT2D eigenvalue weighted by atomic mass is 35.5. The lowest BCUT2D eigenvalue weighted by molar-refractivity contribution is 0.0519.